The predicted molar refractivity (Wildman–Crippen MR) is 72.1 cm³/mol. The van der Waals surface area contributed by atoms with Crippen LogP contribution in [0.4, 0.5) is 0 Å². The van der Waals surface area contributed by atoms with Gasteiger partial charge >= 0.3 is 0 Å². The van der Waals surface area contributed by atoms with Crippen LogP contribution < -0.4 is 0 Å². The predicted octanol–water partition coefficient (Wildman–Crippen LogP) is 1.42. The quantitative estimate of drug-likeness (QED) is 0.783. The Morgan fingerprint density at radius 3 is 2.55 bits per heavy atom. The maximum Gasteiger partial charge on any atom is 0.261 e. The number of hydrogen-bond acceptors (Lipinski definition) is 4. The van der Waals surface area contributed by atoms with Gasteiger partial charge < -0.3 is 4.74 Å². The third kappa shape index (κ3) is 2.77. The van der Waals surface area contributed by atoms with E-state index in [1.54, 1.807) is 37.3 Å². The molecule has 106 valence electrons. The topological polar surface area (TPSA) is 63.7 Å². The Hall–Kier alpha value is -2.01. The molecule has 0 N–H and O–H groups in total. The van der Waals surface area contributed by atoms with Crippen LogP contribution in [0.25, 0.3) is 0 Å². The number of amides is 2. The molecule has 0 spiro atoms. The van der Waals surface area contributed by atoms with E-state index in [9.17, 15) is 14.4 Å². The van der Waals surface area contributed by atoms with Crippen LogP contribution in [0.15, 0.2) is 30.3 Å². The summed E-state index contributed by atoms with van der Waals surface area (Å²) in [5.74, 6) is -0.948. The number of ketones is 1. The van der Waals surface area contributed by atoms with Gasteiger partial charge in [-0.3, -0.25) is 19.3 Å². The third-order valence-electron chi connectivity index (χ3n) is 3.29. The Balaban J connectivity index is 2.23. The van der Waals surface area contributed by atoms with Crippen LogP contribution in [-0.4, -0.2) is 41.3 Å². The van der Waals surface area contributed by atoms with Crippen molar-refractivity contribution >= 4 is 17.6 Å². The number of rotatable bonds is 3. The fraction of sp³-hybridized carbons (Fsp3) is 0.400. The van der Waals surface area contributed by atoms with E-state index in [1.807, 2.05) is 0 Å². The summed E-state index contributed by atoms with van der Waals surface area (Å²) in [5.41, 5.74) is -0.790. The summed E-state index contributed by atoms with van der Waals surface area (Å²) in [5, 5.41) is 0. The Morgan fingerprint density at radius 1 is 1.30 bits per heavy atom. The zero-order valence-corrected chi connectivity index (χ0v) is 11.6. The molecule has 1 aliphatic heterocycles. The SMILES string of the molecule is CC(=O)CC1(C)OCCN(C(=O)c2ccccc2)C1=O. The van der Waals surface area contributed by atoms with Crippen molar-refractivity contribution in [3.05, 3.63) is 35.9 Å². The average molecular weight is 275 g/mol. The number of carbonyl (C=O) groups is 3. The van der Waals surface area contributed by atoms with Gasteiger partial charge in [0, 0.05) is 12.0 Å². The molecule has 5 heteroatoms. The van der Waals surface area contributed by atoms with E-state index < -0.39 is 11.5 Å². The number of benzene rings is 1. The second-order valence-electron chi connectivity index (χ2n) is 5.09. The Labute approximate surface area is 117 Å². The number of hydrogen-bond donors (Lipinski definition) is 0. The minimum Gasteiger partial charge on any atom is -0.363 e. The first kappa shape index (κ1) is 14.4. The van der Waals surface area contributed by atoms with Crippen molar-refractivity contribution in [2.45, 2.75) is 25.9 Å². The van der Waals surface area contributed by atoms with Crippen LogP contribution in [0.3, 0.4) is 0 Å². The number of ether oxygens (including phenoxy) is 1. The lowest BCUT2D eigenvalue weighted by Gasteiger charge is -2.37. The van der Waals surface area contributed by atoms with Gasteiger partial charge in [0.25, 0.3) is 11.8 Å². The molecule has 0 radical (unpaired) electrons. The lowest BCUT2D eigenvalue weighted by atomic mass is 9.96. The molecule has 1 aromatic rings. The van der Waals surface area contributed by atoms with Gasteiger partial charge in [-0.15, -0.1) is 0 Å². The van der Waals surface area contributed by atoms with Crippen LogP contribution in [0, 0.1) is 0 Å². The monoisotopic (exact) mass is 275 g/mol. The summed E-state index contributed by atoms with van der Waals surface area (Å²) in [6, 6.07) is 8.61. The van der Waals surface area contributed by atoms with E-state index in [4.69, 9.17) is 4.74 Å². The molecule has 1 atom stereocenters. The van der Waals surface area contributed by atoms with Crippen LogP contribution in [0.5, 0.6) is 0 Å². The third-order valence-corrected chi connectivity index (χ3v) is 3.29. The molecule has 1 heterocycles. The van der Waals surface area contributed by atoms with Crippen molar-refractivity contribution in [3.63, 3.8) is 0 Å². The molecular formula is C15H17NO4. The van der Waals surface area contributed by atoms with Crippen LogP contribution in [0.2, 0.25) is 0 Å². The summed E-state index contributed by atoms with van der Waals surface area (Å²) in [4.78, 5) is 37.2. The second-order valence-corrected chi connectivity index (χ2v) is 5.09. The van der Waals surface area contributed by atoms with Gasteiger partial charge in [-0.05, 0) is 26.0 Å². The molecule has 1 fully saturated rings. The van der Waals surface area contributed by atoms with E-state index in [0.29, 0.717) is 5.56 Å². The van der Waals surface area contributed by atoms with Gasteiger partial charge in [-0.2, -0.15) is 0 Å². The number of imide groups is 1. The van der Waals surface area contributed by atoms with E-state index in [0.717, 1.165) is 0 Å². The maximum atomic E-state index is 12.4. The molecule has 20 heavy (non-hydrogen) atoms. The fourth-order valence-corrected chi connectivity index (χ4v) is 2.34. The molecule has 2 amide bonds. The summed E-state index contributed by atoms with van der Waals surface area (Å²) in [6.45, 7) is 3.41. The zero-order chi connectivity index (χ0) is 14.8. The first-order chi connectivity index (χ1) is 9.44. The highest BCUT2D eigenvalue weighted by Crippen LogP contribution is 2.24. The van der Waals surface area contributed by atoms with Crippen LogP contribution in [0.1, 0.15) is 30.6 Å². The molecule has 1 saturated heterocycles. The van der Waals surface area contributed by atoms with Gasteiger partial charge in [0.1, 0.15) is 5.78 Å². The van der Waals surface area contributed by atoms with E-state index in [1.165, 1.54) is 11.8 Å². The highest BCUT2D eigenvalue weighted by Gasteiger charge is 2.44. The second kappa shape index (κ2) is 5.54. The molecule has 0 bridgehead atoms. The fourth-order valence-electron chi connectivity index (χ4n) is 2.34. The van der Waals surface area contributed by atoms with E-state index in [2.05, 4.69) is 0 Å². The number of Topliss-reactive ketones (excluding diaryl/α,β-unsaturated/α-hetero) is 1. The van der Waals surface area contributed by atoms with Crippen molar-refractivity contribution in [2.24, 2.45) is 0 Å². The van der Waals surface area contributed by atoms with Crippen LogP contribution in [-0.2, 0) is 14.3 Å². The highest BCUT2D eigenvalue weighted by molar-refractivity contribution is 6.08. The van der Waals surface area contributed by atoms with Crippen molar-refractivity contribution in [3.8, 4) is 0 Å². The maximum absolute atomic E-state index is 12.4. The van der Waals surface area contributed by atoms with Crippen molar-refractivity contribution in [1.29, 1.82) is 0 Å². The average Bonchev–Trinajstić information content (AvgIpc) is 2.41. The summed E-state index contributed by atoms with van der Waals surface area (Å²) >= 11 is 0. The minimum atomic E-state index is -1.24. The number of morpholine rings is 1. The molecule has 0 aliphatic carbocycles. The smallest absolute Gasteiger partial charge is 0.261 e. The molecular weight excluding hydrogens is 258 g/mol. The van der Waals surface area contributed by atoms with Crippen LogP contribution >= 0.6 is 0 Å². The Morgan fingerprint density at radius 2 is 1.95 bits per heavy atom. The lowest BCUT2D eigenvalue weighted by Crippen LogP contribution is -2.57. The molecule has 5 nitrogen and oxygen atoms in total. The first-order valence-corrected chi connectivity index (χ1v) is 6.49. The molecule has 1 aromatic carbocycles. The zero-order valence-electron chi connectivity index (χ0n) is 11.6. The standard InChI is InChI=1S/C15H17NO4/c1-11(17)10-15(2)14(19)16(8-9-20-15)13(18)12-6-4-3-5-7-12/h3-7H,8-10H2,1-2H3. The van der Waals surface area contributed by atoms with Gasteiger partial charge in [0.15, 0.2) is 5.60 Å². The molecule has 0 saturated carbocycles. The Kier molecular flexibility index (Phi) is 3.99. The number of nitrogens with zero attached hydrogens (tertiary/aromatic N) is 1. The van der Waals surface area contributed by atoms with E-state index in [-0.39, 0.29) is 31.3 Å². The van der Waals surface area contributed by atoms with Gasteiger partial charge in [0.05, 0.1) is 13.2 Å². The molecule has 2 rings (SSSR count). The van der Waals surface area contributed by atoms with Crippen molar-refractivity contribution < 1.29 is 19.1 Å². The highest BCUT2D eigenvalue weighted by atomic mass is 16.5. The normalized spacial score (nSPS) is 22.7. The molecule has 1 unspecified atom stereocenters. The van der Waals surface area contributed by atoms with Gasteiger partial charge in [-0.25, -0.2) is 0 Å². The largest absolute Gasteiger partial charge is 0.363 e. The first-order valence-electron chi connectivity index (χ1n) is 6.49. The summed E-state index contributed by atoms with van der Waals surface area (Å²) in [7, 11) is 0. The Bertz CT molecular complexity index is 540. The molecule has 1 aliphatic rings. The van der Waals surface area contributed by atoms with Gasteiger partial charge in [0.2, 0.25) is 0 Å². The minimum absolute atomic E-state index is 0.0234. The summed E-state index contributed by atoms with van der Waals surface area (Å²) in [6.07, 6.45) is -0.0234. The van der Waals surface area contributed by atoms with Crippen molar-refractivity contribution in [1.82, 2.24) is 4.90 Å². The number of carbonyl (C=O) groups excluding carboxylic acids is 3. The van der Waals surface area contributed by atoms with Gasteiger partial charge in [-0.1, -0.05) is 18.2 Å². The van der Waals surface area contributed by atoms with Crippen molar-refractivity contribution in [2.75, 3.05) is 13.2 Å². The lowest BCUT2D eigenvalue weighted by molar-refractivity contribution is -0.167. The summed E-state index contributed by atoms with van der Waals surface area (Å²) < 4.78 is 5.44. The molecule has 0 aromatic heterocycles. The van der Waals surface area contributed by atoms with E-state index >= 15 is 0 Å².